The van der Waals surface area contributed by atoms with Crippen LogP contribution in [0.3, 0.4) is 0 Å². The third-order valence-corrected chi connectivity index (χ3v) is 4.36. The summed E-state index contributed by atoms with van der Waals surface area (Å²) in [6.45, 7) is 8.11. The first-order valence-corrected chi connectivity index (χ1v) is 8.47. The second kappa shape index (κ2) is 7.71. The van der Waals surface area contributed by atoms with E-state index in [1.54, 1.807) is 0 Å². The first-order valence-electron chi connectivity index (χ1n) is 8.47. The molecule has 8 heteroatoms. The highest BCUT2D eigenvalue weighted by Crippen LogP contribution is 2.15. The molecule has 1 fully saturated rings. The Morgan fingerprint density at radius 3 is 2.68 bits per heavy atom. The Kier molecular flexibility index (Phi) is 5.40. The first-order chi connectivity index (χ1) is 12.0. The molecule has 2 heterocycles. The van der Waals surface area contributed by atoms with E-state index in [9.17, 15) is 4.79 Å². The van der Waals surface area contributed by atoms with Gasteiger partial charge in [-0.3, -0.25) is 9.69 Å². The number of benzene rings is 1. The molecule has 2 aromatic rings. The molecule has 0 unspecified atom stereocenters. The summed E-state index contributed by atoms with van der Waals surface area (Å²) in [5, 5.41) is 15.2. The Labute approximate surface area is 147 Å². The minimum absolute atomic E-state index is 0.0546. The Balaban J connectivity index is 1.52. The van der Waals surface area contributed by atoms with Crippen LogP contribution in [0.1, 0.15) is 13.8 Å². The molecular formula is C17H24N6O2. The van der Waals surface area contributed by atoms with E-state index in [0.29, 0.717) is 12.4 Å². The summed E-state index contributed by atoms with van der Waals surface area (Å²) in [4.78, 5) is 15.9. The van der Waals surface area contributed by atoms with Crippen LogP contribution in [0.5, 0.6) is 0 Å². The highest BCUT2D eigenvalue weighted by atomic mass is 16.5. The number of nitrogens with one attached hydrogen (secondary N) is 1. The normalized spacial score (nSPS) is 15.9. The molecule has 1 saturated heterocycles. The number of carbonyl (C=O) groups is 1. The van der Waals surface area contributed by atoms with Gasteiger partial charge in [0, 0.05) is 30.7 Å². The monoisotopic (exact) mass is 344 g/mol. The number of tetrazole rings is 1. The predicted molar refractivity (Wildman–Crippen MR) is 92.7 cm³/mol. The molecule has 1 aromatic carbocycles. The molecule has 1 aliphatic heterocycles. The molecule has 1 aromatic heterocycles. The van der Waals surface area contributed by atoms with Crippen molar-refractivity contribution in [1.29, 1.82) is 0 Å². The van der Waals surface area contributed by atoms with Gasteiger partial charge in [0.1, 0.15) is 6.54 Å². The largest absolute Gasteiger partial charge is 0.379 e. The fourth-order valence-corrected chi connectivity index (χ4v) is 2.79. The van der Waals surface area contributed by atoms with Gasteiger partial charge < -0.3 is 10.1 Å². The molecule has 0 bridgehead atoms. The summed E-state index contributed by atoms with van der Waals surface area (Å²) in [5.74, 6) is 0.389. The van der Waals surface area contributed by atoms with E-state index in [-0.39, 0.29) is 18.0 Å². The third kappa shape index (κ3) is 4.61. The van der Waals surface area contributed by atoms with Crippen molar-refractivity contribution >= 4 is 5.91 Å². The van der Waals surface area contributed by atoms with Crippen LogP contribution in [0.2, 0.25) is 0 Å². The number of nitrogens with zero attached hydrogens (tertiary/aromatic N) is 5. The molecular weight excluding hydrogens is 320 g/mol. The molecule has 1 aliphatic rings. The Bertz CT molecular complexity index is 694. The van der Waals surface area contributed by atoms with E-state index in [0.717, 1.165) is 31.9 Å². The molecule has 0 aliphatic carbocycles. The fourth-order valence-electron chi connectivity index (χ4n) is 2.79. The standard InChI is InChI=1S/C17H24N6O2/c1-17(2,22-8-10-25-11-9-22)13-18-15(24)12-23-20-16(19-21-23)14-6-4-3-5-7-14/h3-7H,8-13H2,1-2H3,(H,18,24). The van der Waals surface area contributed by atoms with E-state index in [2.05, 4.69) is 39.5 Å². The zero-order valence-electron chi connectivity index (χ0n) is 14.7. The SMILES string of the molecule is CC(C)(CNC(=O)Cn1nnc(-c2ccccc2)n1)N1CCOCC1. The lowest BCUT2D eigenvalue weighted by atomic mass is 10.0. The maximum absolute atomic E-state index is 12.2. The molecule has 0 atom stereocenters. The van der Waals surface area contributed by atoms with Gasteiger partial charge in [0.05, 0.1) is 13.2 Å². The second-order valence-corrected chi connectivity index (χ2v) is 6.70. The maximum Gasteiger partial charge on any atom is 0.243 e. The fraction of sp³-hybridized carbons (Fsp3) is 0.529. The number of morpholine rings is 1. The summed E-state index contributed by atoms with van der Waals surface area (Å²) in [6.07, 6.45) is 0. The van der Waals surface area contributed by atoms with Crippen LogP contribution in [0, 0.1) is 0 Å². The van der Waals surface area contributed by atoms with Crippen LogP contribution in [-0.2, 0) is 16.1 Å². The number of hydrogen-bond acceptors (Lipinski definition) is 6. The van der Waals surface area contributed by atoms with Crippen molar-refractivity contribution in [2.45, 2.75) is 25.9 Å². The molecule has 1 N–H and O–H groups in total. The predicted octanol–water partition coefficient (Wildman–Crippen LogP) is 0.567. The van der Waals surface area contributed by atoms with Gasteiger partial charge in [0.15, 0.2) is 0 Å². The summed E-state index contributed by atoms with van der Waals surface area (Å²) < 4.78 is 5.38. The van der Waals surface area contributed by atoms with E-state index in [1.165, 1.54) is 4.80 Å². The topological polar surface area (TPSA) is 85.2 Å². The van der Waals surface area contributed by atoms with E-state index < -0.39 is 0 Å². The number of carbonyl (C=O) groups excluding carboxylic acids is 1. The van der Waals surface area contributed by atoms with Gasteiger partial charge in [-0.15, -0.1) is 10.2 Å². The lowest BCUT2D eigenvalue weighted by Crippen LogP contribution is -2.55. The summed E-state index contributed by atoms with van der Waals surface area (Å²) >= 11 is 0. The molecule has 25 heavy (non-hydrogen) atoms. The van der Waals surface area contributed by atoms with Crippen molar-refractivity contribution < 1.29 is 9.53 Å². The molecule has 1 amide bonds. The zero-order valence-corrected chi connectivity index (χ0v) is 14.7. The molecule has 0 saturated carbocycles. The summed E-state index contributed by atoms with van der Waals surface area (Å²) in [5.41, 5.74) is 0.757. The first kappa shape index (κ1) is 17.5. The number of amides is 1. The average Bonchev–Trinajstić information content (AvgIpc) is 3.10. The minimum Gasteiger partial charge on any atom is -0.379 e. The molecule has 0 radical (unpaired) electrons. The molecule has 3 rings (SSSR count). The highest BCUT2D eigenvalue weighted by molar-refractivity contribution is 5.75. The van der Waals surface area contributed by atoms with E-state index >= 15 is 0 Å². The highest BCUT2D eigenvalue weighted by Gasteiger charge is 2.28. The number of hydrogen-bond donors (Lipinski definition) is 1. The molecule has 0 spiro atoms. The Morgan fingerprint density at radius 1 is 1.24 bits per heavy atom. The van der Waals surface area contributed by atoms with Gasteiger partial charge in [-0.2, -0.15) is 4.80 Å². The van der Waals surface area contributed by atoms with Crippen molar-refractivity contribution in [2.24, 2.45) is 0 Å². The third-order valence-electron chi connectivity index (χ3n) is 4.36. The van der Waals surface area contributed by atoms with Crippen molar-refractivity contribution in [1.82, 2.24) is 30.4 Å². The van der Waals surface area contributed by atoms with Gasteiger partial charge in [-0.05, 0) is 19.1 Å². The quantitative estimate of drug-likeness (QED) is 0.824. The van der Waals surface area contributed by atoms with Crippen LogP contribution < -0.4 is 5.32 Å². The van der Waals surface area contributed by atoms with Gasteiger partial charge in [0.2, 0.25) is 11.7 Å². The molecule has 134 valence electrons. The van der Waals surface area contributed by atoms with Gasteiger partial charge >= 0.3 is 0 Å². The van der Waals surface area contributed by atoms with Crippen molar-refractivity contribution in [3.8, 4) is 11.4 Å². The lowest BCUT2D eigenvalue weighted by molar-refractivity contribution is -0.122. The van der Waals surface area contributed by atoms with E-state index in [4.69, 9.17) is 4.74 Å². The van der Waals surface area contributed by atoms with Crippen LogP contribution in [0.4, 0.5) is 0 Å². The number of rotatable bonds is 6. The van der Waals surface area contributed by atoms with Crippen molar-refractivity contribution in [2.75, 3.05) is 32.8 Å². The average molecular weight is 344 g/mol. The Hall–Kier alpha value is -2.32. The maximum atomic E-state index is 12.2. The second-order valence-electron chi connectivity index (χ2n) is 6.70. The van der Waals surface area contributed by atoms with Gasteiger partial charge in [0.25, 0.3) is 0 Å². The lowest BCUT2D eigenvalue weighted by Gasteiger charge is -2.40. The van der Waals surface area contributed by atoms with Crippen molar-refractivity contribution in [3.05, 3.63) is 30.3 Å². The van der Waals surface area contributed by atoms with Gasteiger partial charge in [-0.1, -0.05) is 30.3 Å². The van der Waals surface area contributed by atoms with Crippen LogP contribution >= 0.6 is 0 Å². The zero-order chi connectivity index (χ0) is 17.7. The van der Waals surface area contributed by atoms with Crippen LogP contribution in [0.15, 0.2) is 30.3 Å². The summed E-state index contributed by atoms with van der Waals surface area (Å²) in [7, 11) is 0. The van der Waals surface area contributed by atoms with Crippen LogP contribution in [0.25, 0.3) is 11.4 Å². The smallest absolute Gasteiger partial charge is 0.243 e. The number of ether oxygens (including phenoxy) is 1. The molecule has 8 nitrogen and oxygen atoms in total. The van der Waals surface area contributed by atoms with Gasteiger partial charge in [-0.25, -0.2) is 0 Å². The minimum atomic E-state index is -0.127. The van der Waals surface area contributed by atoms with Crippen LogP contribution in [-0.4, -0.2) is 69.4 Å². The summed E-state index contributed by atoms with van der Waals surface area (Å²) in [6, 6.07) is 9.57. The number of aromatic nitrogens is 4. The van der Waals surface area contributed by atoms with Crippen molar-refractivity contribution in [3.63, 3.8) is 0 Å². The van der Waals surface area contributed by atoms with E-state index in [1.807, 2.05) is 30.3 Å². The Morgan fingerprint density at radius 2 is 1.96 bits per heavy atom.